The molecule has 0 spiro atoms. The van der Waals surface area contributed by atoms with E-state index < -0.39 is 28.6 Å². The average Bonchev–Trinajstić information content (AvgIpc) is 2.92. The Morgan fingerprint density at radius 1 is 1.08 bits per heavy atom. The summed E-state index contributed by atoms with van der Waals surface area (Å²) in [6.45, 7) is 1.71. The van der Waals surface area contributed by atoms with Gasteiger partial charge in [0.05, 0.1) is 30.8 Å². The van der Waals surface area contributed by atoms with Crippen molar-refractivity contribution < 1.29 is 27.5 Å². The van der Waals surface area contributed by atoms with Crippen LogP contribution in [-0.2, 0) is 26.0 Å². The third-order valence-electron chi connectivity index (χ3n) is 6.36. The summed E-state index contributed by atoms with van der Waals surface area (Å²) in [6, 6.07) is 21.2. The maximum Gasteiger partial charge on any atom is 0.262 e. The number of nitrogens with one attached hydrogen (secondary N) is 1. The maximum absolute atomic E-state index is 13.4. The number of rotatable bonds is 9. The number of anilines is 1. The zero-order chi connectivity index (χ0) is 27.3. The second-order valence-electron chi connectivity index (χ2n) is 9.00. The van der Waals surface area contributed by atoms with Gasteiger partial charge in [0.25, 0.3) is 5.91 Å². The molecule has 1 heterocycles. The molecule has 9 nitrogen and oxygen atoms in total. The summed E-state index contributed by atoms with van der Waals surface area (Å²) in [5, 5.41) is 2.87. The summed E-state index contributed by atoms with van der Waals surface area (Å²) in [5.74, 6) is 0.134. The van der Waals surface area contributed by atoms with E-state index in [4.69, 9.17) is 9.47 Å². The van der Waals surface area contributed by atoms with Gasteiger partial charge in [-0.2, -0.15) is 4.31 Å². The second-order valence-corrected chi connectivity index (χ2v) is 11.0. The van der Waals surface area contributed by atoms with Crippen molar-refractivity contribution in [3.8, 4) is 11.5 Å². The van der Waals surface area contributed by atoms with E-state index in [-0.39, 0.29) is 17.3 Å². The minimum absolute atomic E-state index is 0.0391. The number of benzene rings is 3. The number of nitrogens with zero attached hydrogens (tertiary/aromatic N) is 2. The molecule has 0 radical (unpaired) electrons. The van der Waals surface area contributed by atoms with Gasteiger partial charge in [0.1, 0.15) is 11.5 Å². The van der Waals surface area contributed by atoms with Crippen molar-refractivity contribution in [1.29, 1.82) is 0 Å². The highest BCUT2D eigenvalue weighted by Gasteiger charge is 2.35. The van der Waals surface area contributed by atoms with Gasteiger partial charge in [-0.15, -0.1) is 0 Å². The first-order valence-electron chi connectivity index (χ1n) is 12.2. The van der Waals surface area contributed by atoms with Crippen LogP contribution in [0.3, 0.4) is 0 Å². The molecule has 0 fully saturated rings. The zero-order valence-corrected chi connectivity index (χ0v) is 22.4. The lowest BCUT2D eigenvalue weighted by Gasteiger charge is -2.35. The van der Waals surface area contributed by atoms with Crippen LogP contribution in [0.15, 0.2) is 77.7 Å². The molecular weight excluding hydrogens is 506 g/mol. The van der Waals surface area contributed by atoms with Gasteiger partial charge < -0.3 is 19.7 Å². The Balaban J connectivity index is 1.46. The fourth-order valence-electron chi connectivity index (χ4n) is 4.25. The Morgan fingerprint density at radius 2 is 1.79 bits per heavy atom. The molecule has 2 amide bonds. The van der Waals surface area contributed by atoms with Crippen LogP contribution in [0.5, 0.6) is 11.5 Å². The molecule has 0 saturated carbocycles. The predicted octanol–water partition coefficient (Wildman–Crippen LogP) is 2.78. The largest absolute Gasteiger partial charge is 0.496 e. The lowest BCUT2D eigenvalue weighted by Crippen LogP contribution is -2.52. The Labute approximate surface area is 223 Å². The number of hydrogen-bond donors (Lipinski definition) is 1. The van der Waals surface area contributed by atoms with E-state index in [1.54, 1.807) is 37.3 Å². The molecule has 38 heavy (non-hydrogen) atoms. The fraction of sp³-hybridized carbons (Fsp3) is 0.286. The quantitative estimate of drug-likeness (QED) is 0.450. The van der Waals surface area contributed by atoms with Gasteiger partial charge in [0, 0.05) is 13.6 Å². The second kappa shape index (κ2) is 11.7. The minimum atomic E-state index is -3.95. The van der Waals surface area contributed by atoms with E-state index in [1.165, 1.54) is 31.2 Å². The van der Waals surface area contributed by atoms with Crippen LogP contribution in [0.25, 0.3) is 0 Å². The van der Waals surface area contributed by atoms with Crippen molar-refractivity contribution in [2.75, 3.05) is 38.7 Å². The molecule has 1 aliphatic heterocycles. The summed E-state index contributed by atoms with van der Waals surface area (Å²) in [7, 11) is -1.08. The number of para-hydroxylation sites is 2. The number of aryl methyl sites for hydroxylation is 1. The Hall–Kier alpha value is -3.89. The molecule has 3 aromatic rings. The van der Waals surface area contributed by atoms with Crippen LogP contribution in [0, 0.1) is 6.92 Å². The first kappa shape index (κ1) is 27.2. The Morgan fingerprint density at radius 3 is 2.50 bits per heavy atom. The van der Waals surface area contributed by atoms with Crippen molar-refractivity contribution in [3.05, 3.63) is 83.9 Å². The molecule has 0 aliphatic carbocycles. The van der Waals surface area contributed by atoms with Crippen LogP contribution in [0.2, 0.25) is 0 Å². The van der Waals surface area contributed by atoms with Crippen LogP contribution in [-0.4, -0.2) is 64.4 Å². The highest BCUT2D eigenvalue weighted by Crippen LogP contribution is 2.33. The molecule has 1 N–H and O–H groups in total. The SMILES string of the molecule is COc1ccc(S(=O)(=O)N(C)CC(=O)N2C[C@H](C(=O)NCCc3ccccc3)Oc3ccccc32)cc1C. The van der Waals surface area contributed by atoms with Crippen molar-refractivity contribution in [2.24, 2.45) is 0 Å². The predicted molar refractivity (Wildman–Crippen MR) is 144 cm³/mol. The first-order chi connectivity index (χ1) is 18.2. The minimum Gasteiger partial charge on any atom is -0.496 e. The lowest BCUT2D eigenvalue weighted by atomic mass is 10.1. The molecule has 4 rings (SSSR count). The number of carbonyl (C=O) groups is 2. The molecule has 0 unspecified atom stereocenters. The third kappa shape index (κ3) is 5.98. The molecule has 1 aliphatic rings. The summed E-state index contributed by atoms with van der Waals surface area (Å²) < 4.78 is 38.5. The standard InChI is InChI=1S/C28H31N3O6S/c1-20-17-22(13-14-24(20)36-3)38(34,35)30(2)19-27(32)31-18-26(37-25-12-8-7-11-23(25)31)28(33)29-16-15-21-9-5-4-6-10-21/h4-14,17,26H,15-16,18-19H2,1-3H3,(H,29,33)/t26-/m1/s1. The Bertz CT molecular complexity index is 1410. The topological polar surface area (TPSA) is 105 Å². The number of carbonyl (C=O) groups excluding carboxylic acids is 2. The Kier molecular flexibility index (Phi) is 8.33. The molecule has 0 aromatic heterocycles. The van der Waals surface area contributed by atoms with Crippen molar-refractivity contribution in [2.45, 2.75) is 24.3 Å². The summed E-state index contributed by atoms with van der Waals surface area (Å²) in [4.78, 5) is 27.8. The molecular formula is C28H31N3O6S. The maximum atomic E-state index is 13.4. The van der Waals surface area contributed by atoms with Gasteiger partial charge >= 0.3 is 0 Å². The van der Waals surface area contributed by atoms with Crippen molar-refractivity contribution in [3.63, 3.8) is 0 Å². The third-order valence-corrected chi connectivity index (χ3v) is 8.15. The van der Waals surface area contributed by atoms with Crippen LogP contribution in [0.1, 0.15) is 11.1 Å². The fourth-order valence-corrected chi connectivity index (χ4v) is 5.45. The van der Waals surface area contributed by atoms with Gasteiger partial charge in [0.2, 0.25) is 15.9 Å². The highest BCUT2D eigenvalue weighted by molar-refractivity contribution is 7.89. The van der Waals surface area contributed by atoms with Gasteiger partial charge in [-0.25, -0.2) is 8.42 Å². The summed E-state index contributed by atoms with van der Waals surface area (Å²) in [5.41, 5.74) is 2.24. The smallest absolute Gasteiger partial charge is 0.262 e. The number of hydrogen-bond acceptors (Lipinski definition) is 6. The molecule has 200 valence electrons. The number of fused-ring (bicyclic) bond motifs is 1. The van der Waals surface area contributed by atoms with Crippen LogP contribution in [0.4, 0.5) is 5.69 Å². The molecule has 3 aromatic carbocycles. The van der Waals surface area contributed by atoms with Gasteiger partial charge in [0.15, 0.2) is 6.10 Å². The first-order valence-corrected chi connectivity index (χ1v) is 13.6. The average molecular weight is 538 g/mol. The normalized spacial score (nSPS) is 14.9. The lowest BCUT2D eigenvalue weighted by molar-refractivity contribution is -0.128. The molecule has 10 heteroatoms. The van der Waals surface area contributed by atoms with Crippen molar-refractivity contribution >= 4 is 27.5 Å². The summed E-state index contributed by atoms with van der Waals surface area (Å²) in [6.07, 6.45) is -0.276. The van der Waals surface area contributed by atoms with Crippen LogP contribution < -0.4 is 19.7 Å². The van der Waals surface area contributed by atoms with Gasteiger partial charge in [-0.05, 0) is 54.8 Å². The van der Waals surface area contributed by atoms with E-state index in [1.807, 2.05) is 30.3 Å². The molecule has 0 saturated heterocycles. The van der Waals surface area contributed by atoms with E-state index >= 15 is 0 Å². The highest BCUT2D eigenvalue weighted by atomic mass is 32.2. The van der Waals surface area contributed by atoms with E-state index in [0.29, 0.717) is 35.7 Å². The number of sulfonamides is 1. The molecule has 1 atom stereocenters. The van der Waals surface area contributed by atoms with E-state index in [9.17, 15) is 18.0 Å². The van der Waals surface area contributed by atoms with Gasteiger partial charge in [-0.3, -0.25) is 9.59 Å². The molecule has 0 bridgehead atoms. The van der Waals surface area contributed by atoms with E-state index in [2.05, 4.69) is 5.32 Å². The number of amides is 2. The summed E-state index contributed by atoms with van der Waals surface area (Å²) >= 11 is 0. The zero-order valence-electron chi connectivity index (χ0n) is 21.6. The van der Waals surface area contributed by atoms with Gasteiger partial charge in [-0.1, -0.05) is 42.5 Å². The van der Waals surface area contributed by atoms with Crippen molar-refractivity contribution in [1.82, 2.24) is 9.62 Å². The number of ether oxygens (including phenoxy) is 2. The van der Waals surface area contributed by atoms with Crippen LogP contribution >= 0.6 is 0 Å². The van der Waals surface area contributed by atoms with E-state index in [0.717, 1.165) is 9.87 Å². The number of methoxy groups -OCH3 is 1. The monoisotopic (exact) mass is 537 g/mol. The number of likely N-dealkylation sites (N-methyl/N-ethyl adjacent to an activating group) is 1.